The van der Waals surface area contributed by atoms with E-state index < -0.39 is 0 Å². The fraction of sp³-hybridized carbons (Fsp3) is 0.900. The van der Waals surface area contributed by atoms with Gasteiger partial charge in [-0.25, -0.2) is 0 Å². The van der Waals surface area contributed by atoms with Gasteiger partial charge in [0.1, 0.15) is 0 Å². The predicted octanol–water partition coefficient (Wildman–Crippen LogP) is 3.51. The molecule has 0 heterocycles. The molecule has 0 radical (unpaired) electrons. The first-order chi connectivity index (χ1) is 5.24. The molecule has 0 rings (SSSR count). The van der Waals surface area contributed by atoms with Gasteiger partial charge in [0.25, 0.3) is 0 Å². The third-order valence-electron chi connectivity index (χ3n) is 2.60. The number of unbranched alkanes of at least 4 members (excludes halogenated alkanes) is 1. The smallest absolute Gasteiger partial charge is 0.0689 e. The molecule has 0 spiro atoms. The average Bonchev–Trinajstić information content (AvgIpc) is 2.08. The topological polar surface area (TPSA) is 23.8 Å². The van der Waals surface area contributed by atoms with Crippen LogP contribution in [0.25, 0.3) is 0 Å². The summed E-state index contributed by atoms with van der Waals surface area (Å²) in [7, 11) is 0. The van der Waals surface area contributed by atoms with Gasteiger partial charge in [0, 0.05) is 0 Å². The molecular weight excluding hydrogens is 134 g/mol. The molecule has 0 aliphatic carbocycles. The van der Waals surface area contributed by atoms with Gasteiger partial charge in [-0.3, -0.25) is 0 Å². The zero-order chi connectivity index (χ0) is 8.74. The average molecular weight is 153 g/mol. The van der Waals surface area contributed by atoms with Gasteiger partial charge < -0.3 is 0 Å². The molecule has 0 fully saturated rings. The van der Waals surface area contributed by atoms with Crippen LogP contribution in [-0.2, 0) is 0 Å². The molecule has 0 saturated heterocycles. The highest BCUT2D eigenvalue weighted by Crippen LogP contribution is 2.31. The molecule has 0 aliphatic rings. The monoisotopic (exact) mass is 153 g/mol. The van der Waals surface area contributed by atoms with E-state index >= 15 is 0 Å². The van der Waals surface area contributed by atoms with Crippen molar-refractivity contribution in [2.75, 3.05) is 0 Å². The van der Waals surface area contributed by atoms with E-state index in [0.29, 0.717) is 0 Å². The van der Waals surface area contributed by atoms with E-state index in [1.54, 1.807) is 0 Å². The SMILES string of the molecule is CCCCC(C#N)(CC)CC. The van der Waals surface area contributed by atoms with E-state index in [9.17, 15) is 0 Å². The summed E-state index contributed by atoms with van der Waals surface area (Å²) in [6.45, 7) is 6.40. The van der Waals surface area contributed by atoms with Crippen molar-refractivity contribution in [1.29, 1.82) is 5.26 Å². The lowest BCUT2D eigenvalue weighted by molar-refractivity contribution is 0.326. The van der Waals surface area contributed by atoms with Gasteiger partial charge in [-0.15, -0.1) is 0 Å². The molecule has 0 aromatic heterocycles. The van der Waals surface area contributed by atoms with E-state index in [2.05, 4.69) is 26.8 Å². The molecular formula is C10H19N. The standard InChI is InChI=1S/C10H19N/c1-4-7-8-10(5-2,6-3)9-11/h4-8H2,1-3H3. The van der Waals surface area contributed by atoms with Crippen LogP contribution in [0.5, 0.6) is 0 Å². The summed E-state index contributed by atoms with van der Waals surface area (Å²) in [6.07, 6.45) is 5.46. The van der Waals surface area contributed by atoms with Gasteiger partial charge in [-0.1, -0.05) is 33.6 Å². The number of hydrogen-bond acceptors (Lipinski definition) is 1. The lowest BCUT2D eigenvalue weighted by atomic mass is 9.79. The van der Waals surface area contributed by atoms with E-state index in [1.165, 1.54) is 12.8 Å². The Morgan fingerprint density at radius 2 is 1.73 bits per heavy atom. The van der Waals surface area contributed by atoms with Gasteiger partial charge in [0.15, 0.2) is 0 Å². The Morgan fingerprint density at radius 1 is 1.18 bits per heavy atom. The molecule has 0 N–H and O–H groups in total. The Balaban J connectivity index is 3.97. The quantitative estimate of drug-likeness (QED) is 0.593. The Hall–Kier alpha value is -0.510. The zero-order valence-electron chi connectivity index (χ0n) is 7.98. The van der Waals surface area contributed by atoms with Crippen LogP contribution < -0.4 is 0 Å². The Bertz CT molecular complexity index is 128. The minimum atomic E-state index is -0.0178. The van der Waals surface area contributed by atoms with Crippen LogP contribution in [0.1, 0.15) is 52.9 Å². The molecule has 0 bridgehead atoms. The molecule has 0 saturated carbocycles. The summed E-state index contributed by atoms with van der Waals surface area (Å²) in [4.78, 5) is 0. The maximum Gasteiger partial charge on any atom is 0.0689 e. The summed E-state index contributed by atoms with van der Waals surface area (Å²) in [5, 5.41) is 8.95. The van der Waals surface area contributed by atoms with Gasteiger partial charge in [-0.05, 0) is 19.3 Å². The highest BCUT2D eigenvalue weighted by atomic mass is 14.4. The number of hydrogen-bond donors (Lipinski definition) is 0. The maximum atomic E-state index is 8.95. The molecule has 0 amide bonds. The molecule has 1 nitrogen and oxygen atoms in total. The van der Waals surface area contributed by atoms with Crippen molar-refractivity contribution in [2.45, 2.75) is 52.9 Å². The van der Waals surface area contributed by atoms with Gasteiger partial charge in [0.05, 0.1) is 11.5 Å². The highest BCUT2D eigenvalue weighted by Gasteiger charge is 2.24. The second-order valence-electron chi connectivity index (χ2n) is 3.20. The van der Waals surface area contributed by atoms with Crippen molar-refractivity contribution in [3.63, 3.8) is 0 Å². The second-order valence-corrected chi connectivity index (χ2v) is 3.20. The molecule has 0 atom stereocenters. The minimum Gasteiger partial charge on any atom is -0.198 e. The molecule has 0 aromatic carbocycles. The number of rotatable bonds is 5. The Morgan fingerprint density at radius 3 is 2.00 bits per heavy atom. The minimum absolute atomic E-state index is 0.0178. The summed E-state index contributed by atoms with van der Waals surface area (Å²) in [5.74, 6) is 0. The van der Waals surface area contributed by atoms with E-state index in [-0.39, 0.29) is 5.41 Å². The summed E-state index contributed by atoms with van der Waals surface area (Å²) < 4.78 is 0. The Labute approximate surface area is 70.4 Å². The molecule has 0 aromatic rings. The molecule has 11 heavy (non-hydrogen) atoms. The van der Waals surface area contributed by atoms with Crippen molar-refractivity contribution in [3.8, 4) is 6.07 Å². The lowest BCUT2D eigenvalue weighted by Crippen LogP contribution is -2.15. The van der Waals surface area contributed by atoms with Crippen LogP contribution in [0.15, 0.2) is 0 Å². The fourth-order valence-corrected chi connectivity index (χ4v) is 1.33. The van der Waals surface area contributed by atoms with Gasteiger partial charge in [0.2, 0.25) is 0 Å². The summed E-state index contributed by atoms with van der Waals surface area (Å²) in [5.41, 5.74) is -0.0178. The lowest BCUT2D eigenvalue weighted by Gasteiger charge is -2.22. The van der Waals surface area contributed by atoms with Crippen LogP contribution in [-0.4, -0.2) is 0 Å². The van der Waals surface area contributed by atoms with Crippen LogP contribution in [0, 0.1) is 16.7 Å². The molecule has 0 aliphatic heterocycles. The molecule has 64 valence electrons. The summed E-state index contributed by atoms with van der Waals surface area (Å²) >= 11 is 0. The van der Waals surface area contributed by atoms with E-state index in [4.69, 9.17) is 5.26 Å². The molecule has 0 unspecified atom stereocenters. The normalized spacial score (nSPS) is 11.1. The van der Waals surface area contributed by atoms with E-state index in [0.717, 1.165) is 19.3 Å². The van der Waals surface area contributed by atoms with Gasteiger partial charge in [-0.2, -0.15) is 5.26 Å². The van der Waals surface area contributed by atoms with Crippen molar-refractivity contribution in [2.24, 2.45) is 5.41 Å². The third kappa shape index (κ3) is 2.93. The van der Waals surface area contributed by atoms with Crippen molar-refractivity contribution >= 4 is 0 Å². The Kier molecular flexibility index (Phi) is 4.94. The highest BCUT2D eigenvalue weighted by molar-refractivity contribution is 4.96. The van der Waals surface area contributed by atoms with Crippen molar-refractivity contribution in [1.82, 2.24) is 0 Å². The van der Waals surface area contributed by atoms with Crippen molar-refractivity contribution < 1.29 is 0 Å². The summed E-state index contributed by atoms with van der Waals surface area (Å²) in [6, 6.07) is 2.45. The predicted molar refractivity (Wildman–Crippen MR) is 48.2 cm³/mol. The first-order valence-electron chi connectivity index (χ1n) is 4.66. The van der Waals surface area contributed by atoms with E-state index in [1.807, 2.05) is 0 Å². The van der Waals surface area contributed by atoms with Crippen LogP contribution >= 0.6 is 0 Å². The zero-order valence-corrected chi connectivity index (χ0v) is 7.98. The van der Waals surface area contributed by atoms with Crippen LogP contribution in [0.4, 0.5) is 0 Å². The maximum absolute atomic E-state index is 8.95. The number of nitriles is 1. The number of nitrogens with zero attached hydrogens (tertiary/aromatic N) is 1. The van der Waals surface area contributed by atoms with Crippen LogP contribution in [0.3, 0.4) is 0 Å². The third-order valence-corrected chi connectivity index (χ3v) is 2.60. The fourth-order valence-electron chi connectivity index (χ4n) is 1.33. The second kappa shape index (κ2) is 5.18. The first kappa shape index (κ1) is 10.5. The van der Waals surface area contributed by atoms with Gasteiger partial charge >= 0.3 is 0 Å². The van der Waals surface area contributed by atoms with Crippen molar-refractivity contribution in [3.05, 3.63) is 0 Å². The van der Waals surface area contributed by atoms with Crippen LogP contribution in [0.2, 0.25) is 0 Å². The largest absolute Gasteiger partial charge is 0.198 e. The molecule has 1 heteroatoms. The first-order valence-corrected chi connectivity index (χ1v) is 4.66.